The number of aryl methyl sites for hydroxylation is 1. The lowest BCUT2D eigenvalue weighted by molar-refractivity contribution is 0.433. The molecule has 0 saturated heterocycles. The van der Waals surface area contributed by atoms with Gasteiger partial charge in [0, 0.05) is 12.4 Å². The highest BCUT2D eigenvalue weighted by Gasteiger charge is 2.20. The Morgan fingerprint density at radius 3 is 2.67 bits per heavy atom. The highest BCUT2D eigenvalue weighted by molar-refractivity contribution is 8.13. The van der Waals surface area contributed by atoms with Crippen LogP contribution in [0.15, 0.2) is 29.3 Å². The van der Waals surface area contributed by atoms with Crippen molar-refractivity contribution < 1.29 is 5.11 Å². The lowest BCUT2D eigenvalue weighted by Crippen LogP contribution is -2.12. The fourth-order valence-corrected chi connectivity index (χ4v) is 3.85. The zero-order chi connectivity index (χ0) is 14.8. The molecule has 0 bridgehead atoms. The second-order valence-electron chi connectivity index (χ2n) is 5.70. The van der Waals surface area contributed by atoms with Gasteiger partial charge in [0.1, 0.15) is 5.04 Å². The van der Waals surface area contributed by atoms with E-state index in [9.17, 15) is 5.11 Å². The van der Waals surface area contributed by atoms with Crippen LogP contribution in [0.4, 0.5) is 0 Å². The van der Waals surface area contributed by atoms with Crippen LogP contribution < -0.4 is 0 Å². The average molecular weight is 302 g/mol. The third-order valence-electron chi connectivity index (χ3n) is 4.36. The maximum atomic E-state index is 10.5. The number of aliphatic imine (C=N–C) groups is 1. The quantitative estimate of drug-likeness (QED) is 0.662. The Morgan fingerprint density at radius 1 is 1.24 bits per heavy atom. The molecule has 1 aliphatic carbocycles. The van der Waals surface area contributed by atoms with E-state index in [1.165, 1.54) is 32.1 Å². The van der Waals surface area contributed by atoms with Gasteiger partial charge in [0.05, 0.1) is 17.1 Å². The van der Waals surface area contributed by atoms with Gasteiger partial charge in [-0.2, -0.15) is 0 Å². The lowest BCUT2D eigenvalue weighted by Gasteiger charge is -2.18. The van der Waals surface area contributed by atoms with E-state index in [0.29, 0.717) is 11.9 Å². The SMILES string of the molecule is CSC(=NC1CCCCC1)c1c(O)n(C)c2ccccc12. The van der Waals surface area contributed by atoms with E-state index in [0.717, 1.165) is 21.5 Å². The molecule has 3 rings (SSSR count). The van der Waals surface area contributed by atoms with Gasteiger partial charge < -0.3 is 9.67 Å². The molecule has 1 aromatic heterocycles. The smallest absolute Gasteiger partial charge is 0.202 e. The van der Waals surface area contributed by atoms with Crippen LogP contribution in [0, 0.1) is 0 Å². The van der Waals surface area contributed by atoms with Gasteiger partial charge >= 0.3 is 0 Å². The van der Waals surface area contributed by atoms with E-state index in [-0.39, 0.29) is 0 Å². The number of thioether (sulfide) groups is 1. The molecule has 0 aliphatic heterocycles. The first-order valence-electron chi connectivity index (χ1n) is 7.61. The highest BCUT2D eigenvalue weighted by atomic mass is 32.2. The zero-order valence-corrected chi connectivity index (χ0v) is 13.5. The van der Waals surface area contributed by atoms with Crippen LogP contribution in [0.1, 0.15) is 37.7 Å². The molecule has 1 N–H and O–H groups in total. The Kier molecular flexibility index (Phi) is 4.24. The van der Waals surface area contributed by atoms with Crippen molar-refractivity contribution in [3.63, 3.8) is 0 Å². The molecule has 21 heavy (non-hydrogen) atoms. The molecule has 4 heteroatoms. The molecular formula is C17H22N2OS. The van der Waals surface area contributed by atoms with E-state index in [1.54, 1.807) is 11.8 Å². The number of rotatable bonds is 2. The average Bonchev–Trinajstić information content (AvgIpc) is 2.78. The van der Waals surface area contributed by atoms with E-state index in [1.807, 2.05) is 36.1 Å². The summed E-state index contributed by atoms with van der Waals surface area (Å²) < 4.78 is 1.84. The third kappa shape index (κ3) is 2.69. The Labute approximate surface area is 130 Å². The van der Waals surface area contributed by atoms with Crippen LogP contribution in [0.5, 0.6) is 5.88 Å². The topological polar surface area (TPSA) is 37.5 Å². The normalized spacial score (nSPS) is 17.5. The van der Waals surface area contributed by atoms with Gasteiger partial charge in [0.25, 0.3) is 0 Å². The summed E-state index contributed by atoms with van der Waals surface area (Å²) in [6, 6.07) is 8.54. The second kappa shape index (κ2) is 6.14. The third-order valence-corrected chi connectivity index (χ3v) is 5.05. The number of benzene rings is 1. The highest BCUT2D eigenvalue weighted by Crippen LogP contribution is 2.34. The summed E-state index contributed by atoms with van der Waals surface area (Å²) in [5.41, 5.74) is 1.95. The molecule has 2 aromatic rings. The van der Waals surface area contributed by atoms with Crippen molar-refractivity contribution in [3.05, 3.63) is 29.8 Å². The van der Waals surface area contributed by atoms with Gasteiger partial charge in [0.2, 0.25) is 5.88 Å². The van der Waals surface area contributed by atoms with E-state index in [4.69, 9.17) is 4.99 Å². The molecule has 1 heterocycles. The predicted molar refractivity (Wildman–Crippen MR) is 91.5 cm³/mol. The van der Waals surface area contributed by atoms with E-state index < -0.39 is 0 Å². The fraction of sp³-hybridized carbons (Fsp3) is 0.471. The van der Waals surface area contributed by atoms with Gasteiger partial charge in [-0.15, -0.1) is 11.8 Å². The summed E-state index contributed by atoms with van der Waals surface area (Å²) in [5.74, 6) is 0.320. The minimum Gasteiger partial charge on any atom is -0.494 e. The number of nitrogens with zero attached hydrogens (tertiary/aromatic N) is 2. The summed E-state index contributed by atoms with van der Waals surface area (Å²) in [5, 5.41) is 12.6. The van der Waals surface area contributed by atoms with Crippen LogP contribution in [0.25, 0.3) is 10.9 Å². The lowest BCUT2D eigenvalue weighted by atomic mass is 9.96. The predicted octanol–water partition coefficient (Wildman–Crippen LogP) is 4.33. The van der Waals surface area contributed by atoms with Crippen LogP contribution in [-0.2, 0) is 7.05 Å². The summed E-state index contributed by atoms with van der Waals surface area (Å²) >= 11 is 1.64. The number of aromatic hydroxyl groups is 1. The summed E-state index contributed by atoms with van der Waals surface area (Å²) in [6.07, 6.45) is 8.28. The maximum absolute atomic E-state index is 10.5. The van der Waals surface area contributed by atoms with Gasteiger partial charge in [0.15, 0.2) is 0 Å². The van der Waals surface area contributed by atoms with Gasteiger partial charge in [-0.25, -0.2) is 0 Å². The molecule has 0 radical (unpaired) electrons. The minimum absolute atomic E-state index is 0.320. The number of aromatic nitrogens is 1. The van der Waals surface area contributed by atoms with Gasteiger partial charge in [-0.1, -0.05) is 37.5 Å². The van der Waals surface area contributed by atoms with Crippen LogP contribution in [0.3, 0.4) is 0 Å². The maximum Gasteiger partial charge on any atom is 0.202 e. The van der Waals surface area contributed by atoms with Crippen LogP contribution >= 0.6 is 11.8 Å². The molecule has 0 unspecified atom stereocenters. The Morgan fingerprint density at radius 2 is 1.95 bits per heavy atom. The number of para-hydroxylation sites is 1. The molecule has 1 saturated carbocycles. The zero-order valence-electron chi connectivity index (χ0n) is 12.7. The minimum atomic E-state index is 0.320. The van der Waals surface area contributed by atoms with Crippen LogP contribution in [0.2, 0.25) is 0 Å². The molecule has 1 aliphatic rings. The molecule has 0 atom stereocenters. The first-order valence-corrected chi connectivity index (χ1v) is 8.83. The first-order chi connectivity index (χ1) is 10.2. The fourth-order valence-electron chi connectivity index (χ4n) is 3.19. The van der Waals surface area contributed by atoms with Crippen LogP contribution in [-0.4, -0.2) is 27.0 Å². The Bertz CT molecular complexity index is 669. The van der Waals surface area contributed by atoms with E-state index in [2.05, 4.69) is 6.07 Å². The van der Waals surface area contributed by atoms with Crippen molar-refractivity contribution in [1.29, 1.82) is 0 Å². The van der Waals surface area contributed by atoms with Crippen molar-refractivity contribution in [2.45, 2.75) is 38.1 Å². The second-order valence-corrected chi connectivity index (χ2v) is 6.50. The molecule has 1 aromatic carbocycles. The molecule has 1 fully saturated rings. The molecule has 112 valence electrons. The van der Waals surface area contributed by atoms with Gasteiger partial charge in [-0.05, 0) is 25.2 Å². The van der Waals surface area contributed by atoms with Crippen molar-refractivity contribution >= 4 is 27.7 Å². The largest absolute Gasteiger partial charge is 0.494 e. The standard InChI is InChI=1S/C17H22N2OS/c1-19-14-11-7-6-10-13(14)15(17(19)20)16(21-2)18-12-8-4-3-5-9-12/h6-7,10-12,20H,3-5,8-9H2,1-2H3. The Balaban J connectivity index is 2.08. The number of hydrogen-bond acceptors (Lipinski definition) is 3. The molecule has 0 spiro atoms. The molecular weight excluding hydrogens is 280 g/mol. The number of hydrogen-bond donors (Lipinski definition) is 1. The van der Waals surface area contributed by atoms with Crippen molar-refractivity contribution in [3.8, 4) is 5.88 Å². The van der Waals surface area contributed by atoms with Crippen molar-refractivity contribution in [2.24, 2.45) is 12.0 Å². The number of fused-ring (bicyclic) bond motifs is 1. The van der Waals surface area contributed by atoms with Crippen molar-refractivity contribution in [1.82, 2.24) is 4.57 Å². The first kappa shape index (κ1) is 14.5. The summed E-state index contributed by atoms with van der Waals surface area (Å²) in [7, 11) is 1.90. The van der Waals surface area contributed by atoms with E-state index >= 15 is 0 Å². The molecule has 3 nitrogen and oxygen atoms in total. The van der Waals surface area contributed by atoms with Crippen molar-refractivity contribution in [2.75, 3.05) is 6.26 Å². The monoisotopic (exact) mass is 302 g/mol. The Hall–Kier alpha value is -1.42. The van der Waals surface area contributed by atoms with Gasteiger partial charge in [-0.3, -0.25) is 4.99 Å². The molecule has 0 amide bonds. The summed E-state index contributed by atoms with van der Waals surface area (Å²) in [4.78, 5) is 4.95. The summed E-state index contributed by atoms with van der Waals surface area (Å²) in [6.45, 7) is 0.